The van der Waals surface area contributed by atoms with Crippen LogP contribution in [0.15, 0.2) is 41.2 Å². The van der Waals surface area contributed by atoms with Gasteiger partial charge in [-0.2, -0.15) is 4.68 Å². The average Bonchev–Trinajstić information content (AvgIpc) is 3.44. The number of amides is 1. The number of nitrogens with zero attached hydrogens (tertiary/aromatic N) is 2. The Labute approximate surface area is 178 Å². The predicted octanol–water partition coefficient (Wildman–Crippen LogP) is 3.65. The number of nitrogens with one attached hydrogen (secondary N) is 2. The molecule has 2 aromatic carbocycles. The Bertz CT molecular complexity index is 1120. The fraction of sp³-hybridized carbons (Fsp3) is 0.211. The molecular formula is C19H15ClFIN4O2. The molecule has 6 nitrogen and oxygen atoms in total. The number of benzene rings is 2. The summed E-state index contributed by atoms with van der Waals surface area (Å²) in [6.07, 6.45) is 1.86. The van der Waals surface area contributed by atoms with E-state index in [9.17, 15) is 14.0 Å². The summed E-state index contributed by atoms with van der Waals surface area (Å²) >= 11 is 8.26. The van der Waals surface area contributed by atoms with Gasteiger partial charge in [-0.3, -0.25) is 9.78 Å². The minimum absolute atomic E-state index is 0.0323. The number of H-pyrrole nitrogens is 1. The summed E-state index contributed by atoms with van der Waals surface area (Å²) in [7, 11) is 0. The third-order valence-electron chi connectivity index (χ3n) is 4.46. The molecule has 9 heteroatoms. The zero-order chi connectivity index (χ0) is 19.8. The summed E-state index contributed by atoms with van der Waals surface area (Å²) in [5.41, 5.74) is 0.804. The first-order valence-electron chi connectivity index (χ1n) is 8.63. The highest BCUT2D eigenvalue weighted by molar-refractivity contribution is 14.1. The summed E-state index contributed by atoms with van der Waals surface area (Å²) < 4.78 is 16.1. The smallest absolute Gasteiger partial charge is 0.348 e. The van der Waals surface area contributed by atoms with Crippen LogP contribution in [0.2, 0.25) is 5.02 Å². The minimum Gasteiger partial charge on any atom is -0.352 e. The fourth-order valence-electron chi connectivity index (χ4n) is 2.80. The summed E-state index contributed by atoms with van der Waals surface area (Å²) in [5.74, 6) is -0.213. The monoisotopic (exact) mass is 512 g/mol. The van der Waals surface area contributed by atoms with Crippen LogP contribution < -0.4 is 11.0 Å². The summed E-state index contributed by atoms with van der Waals surface area (Å²) in [4.78, 5) is 26.8. The highest BCUT2D eigenvalue weighted by Gasteiger charge is 2.29. The molecule has 3 aromatic rings. The fourth-order valence-corrected chi connectivity index (χ4v) is 3.45. The van der Waals surface area contributed by atoms with Crippen LogP contribution >= 0.6 is 34.2 Å². The standard InChI is InChI=1S/C19H15ClFIN4O2/c20-14-6-1-10(9-23-18(27)11-2-3-11)7-16(14)26-19(28)24-17(25-26)13-5-4-12(22)8-15(13)21/h1,4-8,11H,2-3,9H2,(H,23,27)(H,24,25,28). The van der Waals surface area contributed by atoms with Crippen molar-refractivity contribution in [1.82, 2.24) is 20.1 Å². The second-order valence-electron chi connectivity index (χ2n) is 6.59. The molecule has 0 radical (unpaired) electrons. The van der Waals surface area contributed by atoms with Crippen LogP contribution in [0.3, 0.4) is 0 Å². The van der Waals surface area contributed by atoms with Gasteiger partial charge < -0.3 is 5.32 Å². The first-order valence-corrected chi connectivity index (χ1v) is 10.1. The molecule has 1 aromatic heterocycles. The van der Waals surface area contributed by atoms with Crippen molar-refractivity contribution < 1.29 is 9.18 Å². The van der Waals surface area contributed by atoms with Crippen molar-refractivity contribution in [2.75, 3.05) is 0 Å². The third-order valence-corrected chi connectivity index (χ3v) is 5.45. The molecular weight excluding hydrogens is 498 g/mol. The van der Waals surface area contributed by atoms with E-state index in [0.29, 0.717) is 17.3 Å². The minimum atomic E-state index is -0.533. The molecule has 1 aliphatic rings. The summed E-state index contributed by atoms with van der Waals surface area (Å²) in [6.45, 7) is 0.331. The maximum absolute atomic E-state index is 14.2. The van der Waals surface area contributed by atoms with Crippen molar-refractivity contribution >= 4 is 40.1 Å². The number of carbonyl (C=O) groups excluding carboxylic acids is 1. The van der Waals surface area contributed by atoms with E-state index in [1.807, 2.05) is 22.6 Å². The lowest BCUT2D eigenvalue weighted by Gasteiger charge is -2.08. The second kappa shape index (κ2) is 7.67. The molecule has 1 saturated carbocycles. The second-order valence-corrected chi connectivity index (χ2v) is 8.25. The maximum Gasteiger partial charge on any atom is 0.348 e. The van der Waals surface area contributed by atoms with Crippen LogP contribution in [0.5, 0.6) is 0 Å². The molecule has 0 spiro atoms. The first-order chi connectivity index (χ1) is 13.4. The Morgan fingerprint density at radius 3 is 2.82 bits per heavy atom. The van der Waals surface area contributed by atoms with Gasteiger partial charge in [0.15, 0.2) is 5.82 Å². The Kier molecular flexibility index (Phi) is 5.24. The molecule has 28 heavy (non-hydrogen) atoms. The molecule has 2 N–H and O–H groups in total. The summed E-state index contributed by atoms with van der Waals surface area (Å²) in [6, 6.07) is 9.75. The number of halogens is 3. The molecule has 0 atom stereocenters. The lowest BCUT2D eigenvalue weighted by Crippen LogP contribution is -2.24. The number of aromatic amines is 1. The van der Waals surface area contributed by atoms with E-state index < -0.39 is 11.5 Å². The number of carbonyl (C=O) groups is 1. The van der Waals surface area contributed by atoms with Gasteiger partial charge >= 0.3 is 5.69 Å². The molecule has 1 aliphatic carbocycles. The van der Waals surface area contributed by atoms with Gasteiger partial charge in [0.05, 0.1) is 16.3 Å². The van der Waals surface area contributed by atoms with E-state index >= 15 is 0 Å². The van der Waals surface area contributed by atoms with E-state index in [1.54, 1.807) is 30.3 Å². The van der Waals surface area contributed by atoms with E-state index in [0.717, 1.165) is 26.7 Å². The highest BCUT2D eigenvalue weighted by atomic mass is 127. The Morgan fingerprint density at radius 2 is 2.11 bits per heavy atom. The third kappa shape index (κ3) is 3.97. The topological polar surface area (TPSA) is 79.8 Å². The van der Waals surface area contributed by atoms with Crippen molar-refractivity contribution in [2.24, 2.45) is 5.92 Å². The lowest BCUT2D eigenvalue weighted by molar-refractivity contribution is -0.122. The Morgan fingerprint density at radius 1 is 1.32 bits per heavy atom. The Hall–Kier alpha value is -2.20. The quantitative estimate of drug-likeness (QED) is 0.512. The van der Waals surface area contributed by atoms with Gasteiger partial charge in [0.2, 0.25) is 5.91 Å². The van der Waals surface area contributed by atoms with Crippen molar-refractivity contribution in [3.8, 4) is 17.1 Å². The van der Waals surface area contributed by atoms with Crippen molar-refractivity contribution in [1.29, 1.82) is 0 Å². The van der Waals surface area contributed by atoms with Gasteiger partial charge in [-0.25, -0.2) is 9.18 Å². The number of aromatic nitrogens is 3. The van der Waals surface area contributed by atoms with E-state index in [4.69, 9.17) is 11.6 Å². The molecule has 1 amide bonds. The summed E-state index contributed by atoms with van der Waals surface area (Å²) in [5, 5.41) is 7.40. The van der Waals surface area contributed by atoms with Crippen LogP contribution in [0.25, 0.3) is 17.1 Å². The normalized spacial score (nSPS) is 13.5. The van der Waals surface area contributed by atoms with Gasteiger partial charge in [0, 0.05) is 16.0 Å². The van der Waals surface area contributed by atoms with E-state index in [2.05, 4.69) is 15.4 Å². The zero-order valence-corrected chi connectivity index (χ0v) is 17.4. The lowest BCUT2D eigenvalue weighted by atomic mass is 10.2. The average molecular weight is 513 g/mol. The Balaban J connectivity index is 1.65. The SMILES string of the molecule is O=C(NCc1ccc(Cl)c(-n2nc(-c3ccc(I)cc3F)[nH]c2=O)c1)C1CC1. The van der Waals surface area contributed by atoms with Crippen molar-refractivity contribution in [3.05, 3.63) is 66.9 Å². The molecule has 1 heterocycles. The molecule has 0 unspecified atom stereocenters. The van der Waals surface area contributed by atoms with E-state index in [1.165, 1.54) is 6.07 Å². The van der Waals surface area contributed by atoms with Gasteiger partial charge in [-0.05, 0) is 71.3 Å². The molecule has 4 rings (SSSR count). The largest absolute Gasteiger partial charge is 0.352 e. The van der Waals surface area contributed by atoms with Crippen LogP contribution in [-0.2, 0) is 11.3 Å². The number of hydrogen-bond donors (Lipinski definition) is 2. The van der Waals surface area contributed by atoms with Gasteiger partial charge in [-0.1, -0.05) is 17.7 Å². The molecule has 1 fully saturated rings. The molecule has 0 saturated heterocycles. The van der Waals surface area contributed by atoms with Crippen LogP contribution in [0.1, 0.15) is 18.4 Å². The van der Waals surface area contributed by atoms with Crippen molar-refractivity contribution in [3.63, 3.8) is 0 Å². The van der Waals surface area contributed by atoms with Crippen molar-refractivity contribution in [2.45, 2.75) is 19.4 Å². The zero-order valence-electron chi connectivity index (χ0n) is 14.5. The van der Waals surface area contributed by atoms with Crippen LogP contribution in [-0.4, -0.2) is 20.7 Å². The van der Waals surface area contributed by atoms with Gasteiger partial charge in [-0.15, -0.1) is 5.10 Å². The molecule has 144 valence electrons. The maximum atomic E-state index is 14.2. The molecule has 0 bridgehead atoms. The first kappa shape index (κ1) is 19.1. The van der Waals surface area contributed by atoms with Crippen LogP contribution in [0, 0.1) is 15.3 Å². The van der Waals surface area contributed by atoms with Gasteiger partial charge in [0.1, 0.15) is 5.82 Å². The van der Waals surface area contributed by atoms with Crippen LogP contribution in [0.4, 0.5) is 4.39 Å². The predicted molar refractivity (Wildman–Crippen MR) is 112 cm³/mol. The van der Waals surface area contributed by atoms with E-state index in [-0.39, 0.29) is 23.2 Å². The number of rotatable bonds is 5. The number of hydrogen-bond acceptors (Lipinski definition) is 3. The highest BCUT2D eigenvalue weighted by Crippen LogP contribution is 2.29. The van der Waals surface area contributed by atoms with Gasteiger partial charge in [0.25, 0.3) is 0 Å². The molecule has 0 aliphatic heterocycles.